The Morgan fingerprint density at radius 1 is 0.900 bits per heavy atom. The van der Waals surface area contributed by atoms with E-state index < -0.39 is 0 Å². The van der Waals surface area contributed by atoms with Crippen molar-refractivity contribution < 1.29 is 0 Å². The molecule has 2 fully saturated rings. The molecule has 160 valence electrons. The Labute approximate surface area is 186 Å². The van der Waals surface area contributed by atoms with Crippen LogP contribution < -0.4 is 4.90 Å². The van der Waals surface area contributed by atoms with E-state index in [1.54, 1.807) is 11.3 Å². The van der Waals surface area contributed by atoms with E-state index in [4.69, 9.17) is 9.97 Å². The highest BCUT2D eigenvalue weighted by Gasteiger charge is 2.23. The molecule has 0 N–H and O–H groups in total. The molecule has 0 atom stereocenters. The van der Waals surface area contributed by atoms with Crippen LogP contribution in [0.4, 0.5) is 5.82 Å². The van der Waals surface area contributed by atoms with Crippen LogP contribution in [-0.2, 0) is 13.1 Å². The van der Waals surface area contributed by atoms with Crippen molar-refractivity contribution in [3.8, 4) is 0 Å². The van der Waals surface area contributed by atoms with Crippen molar-refractivity contribution in [1.29, 1.82) is 0 Å². The van der Waals surface area contributed by atoms with Crippen LogP contribution in [0.3, 0.4) is 0 Å². The second-order valence-corrected chi connectivity index (χ2v) is 10.4. The number of aromatic nitrogens is 3. The lowest BCUT2D eigenvalue weighted by atomic mass is 10.2. The summed E-state index contributed by atoms with van der Waals surface area (Å²) in [6, 6.07) is 0. The fourth-order valence-corrected chi connectivity index (χ4v) is 6.19. The van der Waals surface area contributed by atoms with E-state index in [0.717, 1.165) is 62.2 Å². The van der Waals surface area contributed by atoms with Crippen LogP contribution in [0.15, 0.2) is 10.9 Å². The summed E-state index contributed by atoms with van der Waals surface area (Å²) in [6.07, 6.45) is 3.75. The molecule has 0 amide bonds. The van der Waals surface area contributed by atoms with Gasteiger partial charge in [0.2, 0.25) is 0 Å². The molecule has 5 rings (SSSR count). The maximum Gasteiger partial charge on any atom is 0.146 e. The monoisotopic (exact) mass is 442 g/mol. The molecule has 30 heavy (non-hydrogen) atoms. The fraction of sp³-hybridized carbons (Fsp3) is 0.591. The normalized spacial score (nSPS) is 19.1. The summed E-state index contributed by atoms with van der Waals surface area (Å²) in [4.78, 5) is 24.7. The van der Waals surface area contributed by atoms with Gasteiger partial charge in [0.15, 0.2) is 0 Å². The number of likely N-dealkylation sites (tertiary alicyclic amines) is 1. The number of thiazole rings is 1. The highest BCUT2D eigenvalue weighted by atomic mass is 32.1. The van der Waals surface area contributed by atoms with Crippen LogP contribution in [0.5, 0.6) is 0 Å². The molecule has 2 aliphatic heterocycles. The molecule has 2 saturated heterocycles. The van der Waals surface area contributed by atoms with Crippen LogP contribution in [0, 0.1) is 13.8 Å². The SMILES string of the molecule is Cc1sc2nc(CN3CCCC3)nc(N3CCCN(Cc4cscn4)CC3)c2c1C. The number of hydrogen-bond acceptors (Lipinski definition) is 8. The maximum absolute atomic E-state index is 5.16. The van der Waals surface area contributed by atoms with Crippen LogP contribution >= 0.6 is 22.7 Å². The summed E-state index contributed by atoms with van der Waals surface area (Å²) in [5.74, 6) is 2.15. The third-order valence-electron chi connectivity index (χ3n) is 6.38. The molecule has 8 heteroatoms. The van der Waals surface area contributed by atoms with E-state index in [9.17, 15) is 0 Å². The van der Waals surface area contributed by atoms with Gasteiger partial charge < -0.3 is 4.90 Å². The molecule has 3 aromatic rings. The summed E-state index contributed by atoms with van der Waals surface area (Å²) in [7, 11) is 0. The minimum absolute atomic E-state index is 0.878. The van der Waals surface area contributed by atoms with Gasteiger partial charge >= 0.3 is 0 Å². The molecule has 2 aliphatic rings. The Hall–Kier alpha value is -1.61. The molecule has 0 saturated carbocycles. The van der Waals surface area contributed by atoms with Gasteiger partial charge in [0, 0.05) is 43.0 Å². The zero-order valence-electron chi connectivity index (χ0n) is 17.9. The molecule has 0 aromatic carbocycles. The van der Waals surface area contributed by atoms with Gasteiger partial charge in [0.25, 0.3) is 0 Å². The molecular formula is C22H30N6S2. The fourth-order valence-electron chi connectivity index (χ4n) is 4.60. The van der Waals surface area contributed by atoms with Crippen LogP contribution in [0.25, 0.3) is 10.2 Å². The van der Waals surface area contributed by atoms with Gasteiger partial charge in [-0.15, -0.1) is 22.7 Å². The Morgan fingerprint density at radius 2 is 1.70 bits per heavy atom. The zero-order chi connectivity index (χ0) is 20.5. The highest BCUT2D eigenvalue weighted by Crippen LogP contribution is 2.35. The molecule has 5 heterocycles. The minimum Gasteiger partial charge on any atom is -0.355 e. The van der Waals surface area contributed by atoms with E-state index in [1.165, 1.54) is 47.5 Å². The topological polar surface area (TPSA) is 48.4 Å². The van der Waals surface area contributed by atoms with E-state index in [1.807, 2.05) is 16.8 Å². The van der Waals surface area contributed by atoms with E-state index in [0.29, 0.717) is 0 Å². The number of anilines is 1. The second-order valence-electron chi connectivity index (χ2n) is 8.51. The molecule has 0 bridgehead atoms. The Kier molecular flexibility index (Phi) is 6.00. The second kappa shape index (κ2) is 8.86. The molecule has 0 aliphatic carbocycles. The Balaban J connectivity index is 1.41. The average Bonchev–Trinajstić information content (AvgIpc) is 3.44. The highest BCUT2D eigenvalue weighted by molar-refractivity contribution is 7.18. The number of rotatable bonds is 5. The minimum atomic E-state index is 0.878. The number of thiophene rings is 1. The standard InChI is InChI=1S/C22H30N6S2/c1-16-17(2)30-22-20(16)21(24-19(25-22)13-26-6-3-4-7-26)28-9-5-8-27(10-11-28)12-18-14-29-15-23-18/h14-15H,3-13H2,1-2H3. The third kappa shape index (κ3) is 4.23. The largest absolute Gasteiger partial charge is 0.355 e. The molecular weight excluding hydrogens is 412 g/mol. The van der Waals surface area contributed by atoms with E-state index >= 15 is 0 Å². The Morgan fingerprint density at radius 3 is 2.50 bits per heavy atom. The molecule has 3 aromatic heterocycles. The van der Waals surface area contributed by atoms with Gasteiger partial charge in [-0.2, -0.15) is 0 Å². The zero-order valence-corrected chi connectivity index (χ0v) is 19.6. The first kappa shape index (κ1) is 20.3. The number of nitrogens with zero attached hydrogens (tertiary/aromatic N) is 6. The Bertz CT molecular complexity index is 993. The van der Waals surface area contributed by atoms with Gasteiger partial charge in [-0.25, -0.2) is 15.0 Å². The van der Waals surface area contributed by atoms with Gasteiger partial charge in [0.1, 0.15) is 16.5 Å². The van der Waals surface area contributed by atoms with Crippen molar-refractivity contribution in [2.24, 2.45) is 0 Å². The molecule has 0 radical (unpaired) electrons. The first-order valence-electron chi connectivity index (χ1n) is 11.0. The van der Waals surface area contributed by atoms with Crippen LogP contribution in [0.2, 0.25) is 0 Å². The van der Waals surface area contributed by atoms with Crippen molar-refractivity contribution in [3.63, 3.8) is 0 Å². The first-order valence-corrected chi connectivity index (χ1v) is 12.8. The van der Waals surface area contributed by atoms with Gasteiger partial charge in [-0.05, 0) is 51.8 Å². The van der Waals surface area contributed by atoms with Crippen molar-refractivity contribution >= 4 is 38.7 Å². The quantitative estimate of drug-likeness (QED) is 0.594. The number of aryl methyl sites for hydroxylation is 2. The maximum atomic E-state index is 5.16. The summed E-state index contributed by atoms with van der Waals surface area (Å²) in [6.45, 7) is 12.8. The summed E-state index contributed by atoms with van der Waals surface area (Å²) >= 11 is 3.51. The average molecular weight is 443 g/mol. The van der Waals surface area contributed by atoms with Crippen molar-refractivity contribution in [2.45, 2.75) is 46.2 Å². The lowest BCUT2D eigenvalue weighted by Crippen LogP contribution is -2.31. The van der Waals surface area contributed by atoms with Gasteiger partial charge in [-0.3, -0.25) is 9.80 Å². The van der Waals surface area contributed by atoms with Gasteiger partial charge in [0.05, 0.1) is 23.1 Å². The smallest absolute Gasteiger partial charge is 0.146 e. The lowest BCUT2D eigenvalue weighted by Gasteiger charge is -2.24. The van der Waals surface area contributed by atoms with Crippen molar-refractivity contribution in [1.82, 2.24) is 24.8 Å². The van der Waals surface area contributed by atoms with Gasteiger partial charge in [-0.1, -0.05) is 0 Å². The van der Waals surface area contributed by atoms with E-state index in [-0.39, 0.29) is 0 Å². The van der Waals surface area contributed by atoms with Crippen LogP contribution in [-0.4, -0.2) is 64.0 Å². The number of fused-ring (bicyclic) bond motifs is 1. The van der Waals surface area contributed by atoms with Crippen molar-refractivity contribution in [2.75, 3.05) is 44.2 Å². The summed E-state index contributed by atoms with van der Waals surface area (Å²) in [5.41, 5.74) is 4.47. The van der Waals surface area contributed by atoms with E-state index in [2.05, 4.69) is 38.9 Å². The number of hydrogen-bond donors (Lipinski definition) is 0. The predicted molar refractivity (Wildman–Crippen MR) is 126 cm³/mol. The predicted octanol–water partition coefficient (Wildman–Crippen LogP) is 4.07. The molecule has 0 unspecified atom stereocenters. The molecule has 6 nitrogen and oxygen atoms in total. The van der Waals surface area contributed by atoms with Crippen LogP contribution in [0.1, 0.15) is 41.2 Å². The molecule has 0 spiro atoms. The first-order chi connectivity index (χ1) is 14.7. The lowest BCUT2D eigenvalue weighted by molar-refractivity contribution is 0.282. The third-order valence-corrected chi connectivity index (χ3v) is 8.11. The summed E-state index contributed by atoms with van der Waals surface area (Å²) < 4.78 is 0. The summed E-state index contributed by atoms with van der Waals surface area (Å²) in [5, 5.41) is 3.44. The van der Waals surface area contributed by atoms with Crippen molar-refractivity contribution in [3.05, 3.63) is 32.8 Å².